The summed E-state index contributed by atoms with van der Waals surface area (Å²) < 4.78 is 20.0. The highest BCUT2D eigenvalue weighted by molar-refractivity contribution is 5.79. The summed E-state index contributed by atoms with van der Waals surface area (Å²) in [7, 11) is 1.62. The molecule has 0 radical (unpaired) electrons. The Labute approximate surface area is 195 Å². The number of nitrogens with zero attached hydrogens (tertiary/aromatic N) is 1. The number of nitrogen functional groups attached to an aromatic ring is 1. The summed E-state index contributed by atoms with van der Waals surface area (Å²) in [5.41, 5.74) is 12.4. The van der Waals surface area contributed by atoms with Crippen molar-refractivity contribution >= 4 is 5.69 Å². The van der Waals surface area contributed by atoms with Crippen LogP contribution in [0.5, 0.6) is 11.5 Å². The van der Waals surface area contributed by atoms with Crippen molar-refractivity contribution in [3.63, 3.8) is 0 Å². The van der Waals surface area contributed by atoms with Gasteiger partial charge in [-0.1, -0.05) is 44.2 Å². The van der Waals surface area contributed by atoms with Crippen LogP contribution in [0.1, 0.15) is 68.0 Å². The second-order valence-electron chi connectivity index (χ2n) is 9.27. The van der Waals surface area contributed by atoms with Gasteiger partial charge < -0.3 is 15.6 Å². The van der Waals surface area contributed by atoms with E-state index in [4.69, 9.17) is 10.5 Å². The molecule has 0 fully saturated rings. The summed E-state index contributed by atoms with van der Waals surface area (Å²) >= 11 is 0. The first-order valence-electron chi connectivity index (χ1n) is 11.6. The van der Waals surface area contributed by atoms with E-state index in [1.165, 1.54) is 22.8 Å². The van der Waals surface area contributed by atoms with E-state index >= 15 is 0 Å². The molecule has 174 valence electrons. The first-order valence-corrected chi connectivity index (χ1v) is 11.6. The first kappa shape index (κ1) is 23.1. The Morgan fingerprint density at radius 3 is 2.33 bits per heavy atom. The van der Waals surface area contributed by atoms with Crippen molar-refractivity contribution in [2.24, 2.45) is 0 Å². The van der Waals surface area contributed by atoms with Crippen LogP contribution in [0, 0.1) is 5.82 Å². The molecule has 3 N–H and O–H groups in total. The number of fused-ring (bicyclic) bond motifs is 1. The van der Waals surface area contributed by atoms with Crippen molar-refractivity contribution in [3.8, 4) is 22.6 Å². The highest BCUT2D eigenvalue weighted by atomic mass is 19.1. The lowest BCUT2D eigenvalue weighted by molar-refractivity contribution is 0.144. The number of rotatable bonds is 5. The highest BCUT2D eigenvalue weighted by Gasteiger charge is 2.31. The fourth-order valence-electron chi connectivity index (χ4n) is 5.05. The van der Waals surface area contributed by atoms with Gasteiger partial charge in [0.1, 0.15) is 5.75 Å². The normalized spacial score (nSPS) is 17.1. The Morgan fingerprint density at radius 2 is 1.73 bits per heavy atom. The van der Waals surface area contributed by atoms with Gasteiger partial charge in [-0.3, -0.25) is 4.90 Å². The summed E-state index contributed by atoms with van der Waals surface area (Å²) in [6.07, 6.45) is 0.809. The average Bonchev–Trinajstić information content (AvgIpc) is 2.81. The van der Waals surface area contributed by atoms with Crippen molar-refractivity contribution in [3.05, 3.63) is 76.6 Å². The third-order valence-electron chi connectivity index (χ3n) is 7.06. The number of aromatic hydroxyl groups is 1. The lowest BCUT2D eigenvalue weighted by atomic mass is 9.85. The van der Waals surface area contributed by atoms with Gasteiger partial charge in [0.25, 0.3) is 0 Å². The number of phenolic OH excluding ortho intramolecular Hbond substituents is 1. The average molecular weight is 449 g/mol. The van der Waals surface area contributed by atoms with Gasteiger partial charge in [-0.25, -0.2) is 4.39 Å². The largest absolute Gasteiger partial charge is 0.503 e. The SMILES string of the molecule is COc1ccc2c(c1-c1cc(N)c(O)c(F)c1)CCN(C(C)c1ccc(C(C)C)cc1)[C@@H]2C. The summed E-state index contributed by atoms with van der Waals surface area (Å²) in [6, 6.07) is 16.4. The van der Waals surface area contributed by atoms with Crippen LogP contribution in [0.15, 0.2) is 48.5 Å². The molecule has 0 bridgehead atoms. The predicted molar refractivity (Wildman–Crippen MR) is 132 cm³/mol. The number of ether oxygens (including phenoxy) is 1. The molecule has 0 spiro atoms. The second-order valence-corrected chi connectivity index (χ2v) is 9.27. The fraction of sp³-hybridized carbons (Fsp3) is 0.357. The Kier molecular flexibility index (Phi) is 6.35. The lowest BCUT2D eigenvalue weighted by Gasteiger charge is -2.40. The molecule has 0 saturated carbocycles. The molecule has 33 heavy (non-hydrogen) atoms. The van der Waals surface area contributed by atoms with Gasteiger partial charge in [0.05, 0.1) is 12.8 Å². The molecular formula is C28H33FN2O2. The van der Waals surface area contributed by atoms with Crippen LogP contribution in [-0.4, -0.2) is 23.7 Å². The number of hydrogen-bond donors (Lipinski definition) is 2. The van der Waals surface area contributed by atoms with Crippen LogP contribution in [-0.2, 0) is 6.42 Å². The van der Waals surface area contributed by atoms with Crippen LogP contribution in [0.3, 0.4) is 0 Å². The maximum absolute atomic E-state index is 14.3. The van der Waals surface area contributed by atoms with Crippen LogP contribution in [0.25, 0.3) is 11.1 Å². The van der Waals surface area contributed by atoms with Crippen LogP contribution < -0.4 is 10.5 Å². The van der Waals surface area contributed by atoms with E-state index in [1.54, 1.807) is 13.2 Å². The molecule has 1 aliphatic heterocycles. The molecule has 3 aromatic carbocycles. The van der Waals surface area contributed by atoms with E-state index in [1.807, 2.05) is 6.07 Å². The van der Waals surface area contributed by atoms with Gasteiger partial charge in [0, 0.05) is 24.2 Å². The lowest BCUT2D eigenvalue weighted by Crippen LogP contribution is -2.36. The Hall–Kier alpha value is -3.05. The number of methoxy groups -OCH3 is 1. The van der Waals surface area contributed by atoms with E-state index < -0.39 is 11.6 Å². The Bertz CT molecular complexity index is 1130. The number of nitrogens with two attached hydrogens (primary N) is 1. The van der Waals surface area contributed by atoms with Gasteiger partial charge in [-0.2, -0.15) is 0 Å². The second kappa shape index (κ2) is 9.06. The van der Waals surface area contributed by atoms with Gasteiger partial charge in [0.2, 0.25) is 0 Å². The molecule has 0 aromatic heterocycles. The minimum atomic E-state index is -0.728. The number of benzene rings is 3. The zero-order valence-corrected chi connectivity index (χ0v) is 20.0. The summed E-state index contributed by atoms with van der Waals surface area (Å²) in [5.74, 6) is -0.0495. The van der Waals surface area contributed by atoms with E-state index in [2.05, 4.69) is 62.9 Å². The molecule has 4 rings (SSSR count). The molecule has 2 atom stereocenters. The molecule has 5 heteroatoms. The molecular weight excluding hydrogens is 415 g/mol. The molecule has 0 aliphatic carbocycles. The van der Waals surface area contributed by atoms with Crippen LogP contribution in [0.2, 0.25) is 0 Å². The zero-order chi connectivity index (χ0) is 23.9. The smallest absolute Gasteiger partial charge is 0.174 e. The predicted octanol–water partition coefficient (Wildman–Crippen LogP) is 6.59. The van der Waals surface area contributed by atoms with Crippen molar-refractivity contribution in [1.82, 2.24) is 4.90 Å². The van der Waals surface area contributed by atoms with Crippen molar-refractivity contribution < 1.29 is 14.2 Å². The van der Waals surface area contributed by atoms with Crippen molar-refractivity contribution in [2.45, 2.75) is 52.1 Å². The highest BCUT2D eigenvalue weighted by Crippen LogP contribution is 2.44. The van der Waals surface area contributed by atoms with Crippen LogP contribution in [0.4, 0.5) is 10.1 Å². The number of hydrogen-bond acceptors (Lipinski definition) is 4. The minimum Gasteiger partial charge on any atom is -0.503 e. The van der Waals surface area contributed by atoms with E-state index in [0.29, 0.717) is 17.2 Å². The number of anilines is 1. The third-order valence-corrected chi connectivity index (χ3v) is 7.06. The molecule has 1 unspecified atom stereocenters. The summed E-state index contributed by atoms with van der Waals surface area (Å²) in [6.45, 7) is 9.77. The first-order chi connectivity index (χ1) is 15.7. The van der Waals surface area contributed by atoms with E-state index in [0.717, 1.165) is 24.1 Å². The topological polar surface area (TPSA) is 58.7 Å². The maximum Gasteiger partial charge on any atom is 0.174 e. The summed E-state index contributed by atoms with van der Waals surface area (Å²) in [4.78, 5) is 2.51. The maximum atomic E-state index is 14.3. The van der Waals surface area contributed by atoms with Crippen LogP contribution >= 0.6 is 0 Å². The summed E-state index contributed by atoms with van der Waals surface area (Å²) in [5, 5.41) is 9.80. The molecule has 1 aliphatic rings. The Morgan fingerprint density at radius 1 is 1.06 bits per heavy atom. The number of halogens is 1. The zero-order valence-electron chi connectivity index (χ0n) is 20.0. The van der Waals surface area contributed by atoms with Crippen molar-refractivity contribution in [2.75, 3.05) is 19.4 Å². The van der Waals surface area contributed by atoms with Gasteiger partial charge >= 0.3 is 0 Å². The minimum absolute atomic E-state index is 0.0219. The third kappa shape index (κ3) is 4.18. The molecule has 4 nitrogen and oxygen atoms in total. The Balaban J connectivity index is 1.72. The van der Waals surface area contributed by atoms with Gasteiger partial charge in [-0.05, 0) is 72.2 Å². The molecule has 0 amide bonds. The quantitative estimate of drug-likeness (QED) is 0.341. The molecule has 1 heterocycles. The standard InChI is InChI=1S/C28H33FN2O2/c1-16(2)19-6-8-20(9-7-19)17(3)31-13-12-23-22(18(31)4)10-11-26(33-5)27(23)21-14-24(29)28(32)25(30)15-21/h6-11,14-18,32H,12-13,30H2,1-5H3/t17?,18-/m1/s1. The van der Waals surface area contributed by atoms with Gasteiger partial charge in [0.15, 0.2) is 11.6 Å². The molecule has 3 aromatic rings. The fourth-order valence-corrected chi connectivity index (χ4v) is 5.05. The van der Waals surface area contributed by atoms with E-state index in [9.17, 15) is 9.50 Å². The van der Waals surface area contributed by atoms with E-state index in [-0.39, 0.29) is 17.8 Å². The van der Waals surface area contributed by atoms with Gasteiger partial charge in [-0.15, -0.1) is 0 Å². The van der Waals surface area contributed by atoms with Crippen molar-refractivity contribution in [1.29, 1.82) is 0 Å². The monoisotopic (exact) mass is 448 g/mol. The number of phenols is 1. The molecule has 0 saturated heterocycles.